The van der Waals surface area contributed by atoms with Crippen LogP contribution in [0.1, 0.15) is 24.5 Å². The summed E-state index contributed by atoms with van der Waals surface area (Å²) in [5.74, 6) is 0.651. The van der Waals surface area contributed by atoms with Crippen LogP contribution in [-0.4, -0.2) is 63.4 Å². The smallest absolute Gasteiger partial charge is 0.241 e. The molecule has 0 aromatic heterocycles. The zero-order valence-electron chi connectivity index (χ0n) is 17.0. The molecule has 0 aliphatic carbocycles. The highest BCUT2D eigenvalue weighted by atomic mass is 127. The minimum atomic E-state index is 0. The van der Waals surface area contributed by atoms with Crippen molar-refractivity contribution in [3.63, 3.8) is 0 Å². The van der Waals surface area contributed by atoms with Gasteiger partial charge in [0.2, 0.25) is 5.91 Å². The molecule has 2 N–H and O–H groups in total. The predicted octanol–water partition coefficient (Wildman–Crippen LogP) is 2.88. The van der Waals surface area contributed by atoms with Gasteiger partial charge in [0.25, 0.3) is 0 Å². The SMILES string of the molecule is CCOCCCNC(=NCc1ccc(C)cc1SC)NCC(=O)N(C)C.I. The van der Waals surface area contributed by atoms with Crippen molar-refractivity contribution >= 4 is 47.6 Å². The number of ether oxygens (including phenoxy) is 1. The molecule has 0 aliphatic heterocycles. The van der Waals surface area contributed by atoms with E-state index in [1.807, 2.05) is 6.92 Å². The Bertz CT molecular complexity index is 597. The van der Waals surface area contributed by atoms with Gasteiger partial charge in [0.05, 0.1) is 13.1 Å². The number of benzene rings is 1. The quantitative estimate of drug-likeness (QED) is 0.167. The fourth-order valence-corrected chi connectivity index (χ4v) is 2.86. The molecule has 0 heterocycles. The Morgan fingerprint density at radius 2 is 2.04 bits per heavy atom. The van der Waals surface area contributed by atoms with Crippen molar-refractivity contribution in [3.05, 3.63) is 29.3 Å². The zero-order chi connectivity index (χ0) is 19.4. The molecular weight excluding hydrogens is 475 g/mol. The summed E-state index contributed by atoms with van der Waals surface area (Å²) in [4.78, 5) is 19.3. The second-order valence-corrected chi connectivity index (χ2v) is 6.95. The second kappa shape index (κ2) is 15.0. The molecule has 0 bridgehead atoms. The lowest BCUT2D eigenvalue weighted by molar-refractivity contribution is -0.127. The van der Waals surface area contributed by atoms with Gasteiger partial charge in [0.1, 0.15) is 0 Å². The first-order valence-corrected chi connectivity index (χ1v) is 10.1. The van der Waals surface area contributed by atoms with Crippen molar-refractivity contribution in [3.8, 4) is 0 Å². The van der Waals surface area contributed by atoms with E-state index in [2.05, 4.69) is 47.0 Å². The van der Waals surface area contributed by atoms with Gasteiger partial charge in [0.15, 0.2) is 5.96 Å². The van der Waals surface area contributed by atoms with Gasteiger partial charge >= 0.3 is 0 Å². The van der Waals surface area contributed by atoms with Crippen LogP contribution in [0.2, 0.25) is 0 Å². The molecule has 0 saturated heterocycles. The number of hydrogen-bond donors (Lipinski definition) is 2. The molecule has 0 saturated carbocycles. The van der Waals surface area contributed by atoms with Gasteiger partial charge in [-0.1, -0.05) is 12.1 Å². The monoisotopic (exact) mass is 508 g/mol. The number of nitrogens with zero attached hydrogens (tertiary/aromatic N) is 2. The Morgan fingerprint density at radius 3 is 2.67 bits per heavy atom. The molecule has 0 spiro atoms. The molecule has 0 radical (unpaired) electrons. The Balaban J connectivity index is 0.00000676. The van der Waals surface area contributed by atoms with Gasteiger partial charge in [0, 0.05) is 38.7 Å². The minimum Gasteiger partial charge on any atom is -0.382 e. The van der Waals surface area contributed by atoms with Gasteiger partial charge in [-0.2, -0.15) is 0 Å². The lowest BCUT2D eigenvalue weighted by Crippen LogP contribution is -2.43. The lowest BCUT2D eigenvalue weighted by atomic mass is 10.1. The maximum absolute atomic E-state index is 11.8. The first-order valence-electron chi connectivity index (χ1n) is 8.91. The third-order valence-electron chi connectivity index (χ3n) is 3.72. The maximum atomic E-state index is 11.8. The number of likely N-dealkylation sites (N-methyl/N-ethyl adjacent to an activating group) is 1. The van der Waals surface area contributed by atoms with Crippen LogP contribution in [0.5, 0.6) is 0 Å². The number of guanidine groups is 1. The van der Waals surface area contributed by atoms with Crippen molar-refractivity contribution < 1.29 is 9.53 Å². The summed E-state index contributed by atoms with van der Waals surface area (Å²) in [6.07, 6.45) is 2.96. The second-order valence-electron chi connectivity index (χ2n) is 6.10. The number of halogens is 1. The highest BCUT2D eigenvalue weighted by molar-refractivity contribution is 14.0. The van der Waals surface area contributed by atoms with E-state index in [9.17, 15) is 4.79 Å². The standard InChI is InChI=1S/C19H32N4O2S.HI/c1-6-25-11-7-10-20-19(22-14-18(24)23(3)4)21-13-16-9-8-15(2)12-17(16)26-5;/h8-9,12H,6-7,10-11,13-14H2,1-5H3,(H2,20,21,22);1H. The average Bonchev–Trinajstić information content (AvgIpc) is 2.63. The molecule has 1 aromatic carbocycles. The molecule has 0 aliphatic rings. The van der Waals surface area contributed by atoms with E-state index in [1.54, 1.807) is 30.8 Å². The van der Waals surface area contributed by atoms with Crippen LogP contribution in [0.3, 0.4) is 0 Å². The molecule has 0 unspecified atom stereocenters. The lowest BCUT2D eigenvalue weighted by Gasteiger charge is -2.15. The van der Waals surface area contributed by atoms with Crippen LogP contribution < -0.4 is 10.6 Å². The predicted molar refractivity (Wildman–Crippen MR) is 125 cm³/mol. The Labute approximate surface area is 184 Å². The third kappa shape index (κ3) is 10.8. The molecule has 6 nitrogen and oxygen atoms in total. The molecule has 1 aromatic rings. The first-order chi connectivity index (χ1) is 12.5. The molecular formula is C19H33IN4O2S. The number of aryl methyl sites for hydroxylation is 1. The number of carbonyl (C=O) groups excluding carboxylic acids is 1. The van der Waals surface area contributed by atoms with Gasteiger partial charge in [-0.25, -0.2) is 4.99 Å². The van der Waals surface area contributed by atoms with Crippen LogP contribution in [0.4, 0.5) is 0 Å². The number of amides is 1. The van der Waals surface area contributed by atoms with E-state index >= 15 is 0 Å². The molecule has 27 heavy (non-hydrogen) atoms. The molecule has 1 amide bonds. The van der Waals surface area contributed by atoms with E-state index in [-0.39, 0.29) is 36.4 Å². The summed E-state index contributed by atoms with van der Waals surface area (Å²) in [6, 6.07) is 6.39. The van der Waals surface area contributed by atoms with Crippen molar-refractivity contribution in [2.45, 2.75) is 31.7 Å². The largest absolute Gasteiger partial charge is 0.382 e. The number of aliphatic imine (C=N–C) groups is 1. The average molecular weight is 508 g/mol. The van der Waals surface area contributed by atoms with Crippen molar-refractivity contribution in [1.82, 2.24) is 15.5 Å². The van der Waals surface area contributed by atoms with Crippen LogP contribution in [0.15, 0.2) is 28.1 Å². The van der Waals surface area contributed by atoms with Gasteiger partial charge in [-0.3, -0.25) is 4.79 Å². The van der Waals surface area contributed by atoms with E-state index in [4.69, 9.17) is 4.74 Å². The Morgan fingerprint density at radius 1 is 1.30 bits per heavy atom. The van der Waals surface area contributed by atoms with Crippen molar-refractivity contribution in [2.75, 3.05) is 46.7 Å². The minimum absolute atomic E-state index is 0. The maximum Gasteiger partial charge on any atom is 0.241 e. The van der Waals surface area contributed by atoms with E-state index in [1.165, 1.54) is 16.0 Å². The molecule has 154 valence electrons. The van der Waals surface area contributed by atoms with Gasteiger partial charge in [-0.15, -0.1) is 35.7 Å². The molecule has 0 atom stereocenters. The highest BCUT2D eigenvalue weighted by Gasteiger charge is 2.07. The summed E-state index contributed by atoms with van der Waals surface area (Å²) in [6.45, 7) is 7.03. The molecule has 0 fully saturated rings. The summed E-state index contributed by atoms with van der Waals surface area (Å²) in [5.41, 5.74) is 2.42. The van der Waals surface area contributed by atoms with Crippen LogP contribution >= 0.6 is 35.7 Å². The Hall–Kier alpha value is -1.00. The van der Waals surface area contributed by atoms with E-state index < -0.39 is 0 Å². The van der Waals surface area contributed by atoms with Crippen LogP contribution in [-0.2, 0) is 16.1 Å². The summed E-state index contributed by atoms with van der Waals surface area (Å²) >= 11 is 1.72. The Kier molecular flexibility index (Phi) is 14.4. The fourth-order valence-electron chi connectivity index (χ4n) is 2.16. The zero-order valence-corrected chi connectivity index (χ0v) is 20.1. The highest BCUT2D eigenvalue weighted by Crippen LogP contribution is 2.22. The number of hydrogen-bond acceptors (Lipinski definition) is 4. The van der Waals surface area contributed by atoms with E-state index in [0.29, 0.717) is 19.1 Å². The van der Waals surface area contributed by atoms with Crippen LogP contribution in [0.25, 0.3) is 0 Å². The summed E-state index contributed by atoms with van der Waals surface area (Å²) < 4.78 is 5.35. The summed E-state index contributed by atoms with van der Waals surface area (Å²) in [5, 5.41) is 6.38. The van der Waals surface area contributed by atoms with Crippen molar-refractivity contribution in [2.24, 2.45) is 4.99 Å². The fraction of sp³-hybridized carbons (Fsp3) is 0.579. The van der Waals surface area contributed by atoms with Gasteiger partial charge < -0.3 is 20.3 Å². The number of thioether (sulfide) groups is 1. The van der Waals surface area contributed by atoms with Gasteiger partial charge in [-0.05, 0) is 43.7 Å². The van der Waals surface area contributed by atoms with Crippen molar-refractivity contribution in [1.29, 1.82) is 0 Å². The molecule has 8 heteroatoms. The normalized spacial score (nSPS) is 10.9. The summed E-state index contributed by atoms with van der Waals surface area (Å²) in [7, 11) is 3.49. The topological polar surface area (TPSA) is 66.0 Å². The number of rotatable bonds is 10. The van der Waals surface area contributed by atoms with Crippen LogP contribution in [0, 0.1) is 6.92 Å². The number of carbonyl (C=O) groups is 1. The number of nitrogens with one attached hydrogen (secondary N) is 2. The van der Waals surface area contributed by atoms with E-state index in [0.717, 1.165) is 19.6 Å². The third-order valence-corrected chi connectivity index (χ3v) is 4.54. The molecule has 1 rings (SSSR count). The first kappa shape index (κ1) is 26.0.